The smallest absolute Gasteiger partial charge is 0.171 e. The number of halogens is 1. The minimum atomic E-state index is -0.424. The van der Waals surface area contributed by atoms with Crippen LogP contribution in [0.3, 0.4) is 0 Å². The molecule has 1 heterocycles. The van der Waals surface area contributed by atoms with Gasteiger partial charge in [-0.2, -0.15) is 0 Å². The second kappa shape index (κ2) is 4.11. The molecule has 0 radical (unpaired) electrons. The number of hydrogen-bond donors (Lipinski definition) is 0. The molecule has 0 saturated carbocycles. The van der Waals surface area contributed by atoms with E-state index in [1.807, 2.05) is 0 Å². The van der Waals surface area contributed by atoms with Crippen molar-refractivity contribution in [1.29, 1.82) is 0 Å². The Morgan fingerprint density at radius 3 is 2.93 bits per heavy atom. The molecule has 0 aliphatic carbocycles. The number of aryl methyl sites for hydroxylation is 1. The van der Waals surface area contributed by atoms with Gasteiger partial charge in [0.05, 0.1) is 12.2 Å². The molecule has 0 N–H and O–H groups in total. The van der Waals surface area contributed by atoms with E-state index in [1.165, 1.54) is 6.07 Å². The number of ether oxygens (including phenoxy) is 1. The molecule has 1 aromatic rings. The van der Waals surface area contributed by atoms with Crippen LogP contribution < -0.4 is 0 Å². The predicted molar refractivity (Wildman–Crippen MR) is 54.4 cm³/mol. The first kappa shape index (κ1) is 10.3. The van der Waals surface area contributed by atoms with Gasteiger partial charge >= 0.3 is 0 Å². The lowest BCUT2D eigenvalue weighted by molar-refractivity contribution is 0.0896. The third-order valence-corrected chi connectivity index (χ3v) is 2.69. The van der Waals surface area contributed by atoms with E-state index in [0.29, 0.717) is 19.6 Å². The molecule has 1 aliphatic heterocycles. The van der Waals surface area contributed by atoms with Crippen molar-refractivity contribution in [1.82, 2.24) is 0 Å². The maximum Gasteiger partial charge on any atom is 0.171 e. The van der Waals surface area contributed by atoms with Gasteiger partial charge in [-0.05, 0) is 31.0 Å². The van der Waals surface area contributed by atoms with Crippen LogP contribution in [0.15, 0.2) is 18.2 Å². The number of benzene rings is 1. The van der Waals surface area contributed by atoms with Crippen molar-refractivity contribution in [2.75, 3.05) is 13.2 Å². The van der Waals surface area contributed by atoms with Gasteiger partial charge in [0.25, 0.3) is 0 Å². The fourth-order valence-electron chi connectivity index (χ4n) is 1.78. The summed E-state index contributed by atoms with van der Waals surface area (Å²) in [6.45, 7) is 2.83. The minimum absolute atomic E-state index is 0.134. The Morgan fingerprint density at radius 2 is 2.33 bits per heavy atom. The van der Waals surface area contributed by atoms with Gasteiger partial charge in [-0.15, -0.1) is 0 Å². The van der Waals surface area contributed by atoms with Gasteiger partial charge in [0.2, 0.25) is 0 Å². The van der Waals surface area contributed by atoms with Crippen molar-refractivity contribution in [3.63, 3.8) is 0 Å². The number of carbonyl (C=O) groups is 1. The van der Waals surface area contributed by atoms with Gasteiger partial charge in [0.1, 0.15) is 5.82 Å². The van der Waals surface area contributed by atoms with Crippen molar-refractivity contribution < 1.29 is 13.9 Å². The van der Waals surface area contributed by atoms with Crippen LogP contribution in [0, 0.1) is 18.7 Å². The van der Waals surface area contributed by atoms with Gasteiger partial charge in [0.15, 0.2) is 5.78 Å². The average Bonchev–Trinajstić information content (AvgIpc) is 2.69. The zero-order valence-electron chi connectivity index (χ0n) is 8.63. The Hall–Kier alpha value is -1.22. The van der Waals surface area contributed by atoms with Crippen LogP contribution in [0.4, 0.5) is 4.39 Å². The van der Waals surface area contributed by atoms with E-state index in [9.17, 15) is 9.18 Å². The number of hydrogen-bond acceptors (Lipinski definition) is 2. The lowest BCUT2D eigenvalue weighted by atomic mass is 9.96. The average molecular weight is 208 g/mol. The summed E-state index contributed by atoms with van der Waals surface area (Å²) in [5.74, 6) is -0.723. The minimum Gasteiger partial charge on any atom is -0.381 e. The van der Waals surface area contributed by atoms with Crippen molar-refractivity contribution in [3.8, 4) is 0 Å². The molecule has 0 aromatic heterocycles. The molecular formula is C12H13FO2. The maximum absolute atomic E-state index is 13.5. The molecule has 80 valence electrons. The summed E-state index contributed by atoms with van der Waals surface area (Å²) >= 11 is 0. The van der Waals surface area contributed by atoms with Crippen LogP contribution in [-0.4, -0.2) is 19.0 Å². The highest BCUT2D eigenvalue weighted by Crippen LogP contribution is 2.20. The van der Waals surface area contributed by atoms with Crippen molar-refractivity contribution in [3.05, 3.63) is 35.1 Å². The summed E-state index contributed by atoms with van der Waals surface area (Å²) in [6.07, 6.45) is 0.701. The Bertz CT molecular complexity index is 381. The van der Waals surface area contributed by atoms with Crippen LogP contribution in [0.5, 0.6) is 0 Å². The Balaban J connectivity index is 2.24. The Morgan fingerprint density at radius 1 is 1.53 bits per heavy atom. The van der Waals surface area contributed by atoms with Crippen molar-refractivity contribution in [2.45, 2.75) is 13.3 Å². The molecular weight excluding hydrogens is 195 g/mol. The standard InChI is InChI=1S/C12H13FO2/c1-8-2-3-10(11(13)6-8)12(14)9-4-5-15-7-9/h2-3,6,9H,4-5,7H2,1H3. The third-order valence-electron chi connectivity index (χ3n) is 2.69. The molecule has 1 fully saturated rings. The second-order valence-corrected chi connectivity index (χ2v) is 3.91. The predicted octanol–water partition coefficient (Wildman–Crippen LogP) is 2.35. The van der Waals surface area contributed by atoms with Crippen molar-refractivity contribution in [2.24, 2.45) is 5.92 Å². The number of carbonyl (C=O) groups excluding carboxylic acids is 1. The van der Waals surface area contributed by atoms with Crippen LogP contribution in [-0.2, 0) is 4.74 Å². The highest BCUT2D eigenvalue weighted by Gasteiger charge is 2.26. The summed E-state index contributed by atoms with van der Waals surface area (Å²) < 4.78 is 18.6. The molecule has 1 aliphatic rings. The normalized spacial score (nSPS) is 20.5. The lowest BCUT2D eigenvalue weighted by Gasteiger charge is -2.07. The molecule has 15 heavy (non-hydrogen) atoms. The maximum atomic E-state index is 13.5. The number of ketones is 1. The third kappa shape index (κ3) is 2.07. The van der Waals surface area contributed by atoms with Crippen LogP contribution in [0.2, 0.25) is 0 Å². The highest BCUT2D eigenvalue weighted by molar-refractivity contribution is 5.98. The molecule has 1 saturated heterocycles. The van der Waals surface area contributed by atoms with E-state index < -0.39 is 5.82 Å². The molecule has 3 heteroatoms. The fourth-order valence-corrected chi connectivity index (χ4v) is 1.78. The first-order valence-corrected chi connectivity index (χ1v) is 5.06. The molecule has 1 aromatic carbocycles. The van der Waals surface area contributed by atoms with Crippen LogP contribution in [0.25, 0.3) is 0 Å². The molecule has 1 unspecified atom stereocenters. The Kier molecular flexibility index (Phi) is 2.82. The molecule has 0 amide bonds. The first-order chi connectivity index (χ1) is 7.18. The molecule has 0 spiro atoms. The lowest BCUT2D eigenvalue weighted by Crippen LogP contribution is -2.16. The van der Waals surface area contributed by atoms with E-state index in [4.69, 9.17) is 4.74 Å². The van der Waals surface area contributed by atoms with E-state index in [2.05, 4.69) is 0 Å². The second-order valence-electron chi connectivity index (χ2n) is 3.91. The summed E-state index contributed by atoms with van der Waals surface area (Å²) in [5, 5.41) is 0. The van der Waals surface area contributed by atoms with E-state index in [-0.39, 0.29) is 17.3 Å². The van der Waals surface area contributed by atoms with Crippen LogP contribution >= 0.6 is 0 Å². The monoisotopic (exact) mass is 208 g/mol. The topological polar surface area (TPSA) is 26.3 Å². The molecule has 2 nitrogen and oxygen atoms in total. The summed E-state index contributed by atoms with van der Waals surface area (Å²) in [6, 6.07) is 4.71. The van der Waals surface area contributed by atoms with Gasteiger partial charge < -0.3 is 4.74 Å². The van der Waals surface area contributed by atoms with Gasteiger partial charge in [0, 0.05) is 12.5 Å². The van der Waals surface area contributed by atoms with E-state index >= 15 is 0 Å². The summed E-state index contributed by atoms with van der Waals surface area (Å²) in [7, 11) is 0. The molecule has 2 rings (SSSR count). The fraction of sp³-hybridized carbons (Fsp3) is 0.417. The number of rotatable bonds is 2. The van der Waals surface area contributed by atoms with Gasteiger partial charge in [-0.3, -0.25) is 4.79 Å². The Labute approximate surface area is 88.1 Å². The van der Waals surface area contributed by atoms with Gasteiger partial charge in [-0.25, -0.2) is 4.39 Å². The first-order valence-electron chi connectivity index (χ1n) is 5.06. The SMILES string of the molecule is Cc1ccc(C(=O)C2CCOC2)c(F)c1. The van der Waals surface area contributed by atoms with E-state index in [1.54, 1.807) is 19.1 Å². The zero-order valence-corrected chi connectivity index (χ0v) is 8.63. The largest absolute Gasteiger partial charge is 0.381 e. The quantitative estimate of drug-likeness (QED) is 0.697. The van der Waals surface area contributed by atoms with E-state index in [0.717, 1.165) is 5.56 Å². The molecule has 1 atom stereocenters. The van der Waals surface area contributed by atoms with Crippen molar-refractivity contribution >= 4 is 5.78 Å². The summed E-state index contributed by atoms with van der Waals surface area (Å²) in [4.78, 5) is 11.9. The van der Waals surface area contributed by atoms with Gasteiger partial charge in [-0.1, -0.05) is 6.07 Å². The van der Waals surface area contributed by atoms with Crippen LogP contribution in [0.1, 0.15) is 22.3 Å². The number of Topliss-reactive ketones (excluding diaryl/α,β-unsaturated/α-hetero) is 1. The zero-order chi connectivity index (χ0) is 10.8. The molecule has 0 bridgehead atoms. The highest BCUT2D eigenvalue weighted by atomic mass is 19.1. The summed E-state index contributed by atoms with van der Waals surface area (Å²) in [5.41, 5.74) is 1.02.